The number of nitrogens with zero attached hydrogens (tertiary/aromatic N) is 1. The van der Waals surface area contributed by atoms with E-state index < -0.39 is 5.60 Å². The van der Waals surface area contributed by atoms with Crippen LogP contribution >= 0.6 is 0 Å². The number of ether oxygens (including phenoxy) is 1. The summed E-state index contributed by atoms with van der Waals surface area (Å²) in [5.74, 6) is -0.156. The fourth-order valence-corrected chi connectivity index (χ4v) is 3.98. The summed E-state index contributed by atoms with van der Waals surface area (Å²) < 4.78 is 6.24. The number of esters is 1. The Kier molecular flexibility index (Phi) is 6.10. The number of rotatable bonds is 6. The van der Waals surface area contributed by atoms with Crippen LogP contribution in [-0.4, -0.2) is 30.5 Å². The monoisotopic (exact) mass is 351 g/mol. The summed E-state index contributed by atoms with van der Waals surface area (Å²) in [5.41, 5.74) is 1.35. The Labute approximate surface area is 157 Å². The Morgan fingerprint density at radius 3 is 2.12 bits per heavy atom. The largest absolute Gasteiger partial charge is 0.449 e. The highest BCUT2D eigenvalue weighted by Gasteiger charge is 2.41. The maximum atomic E-state index is 12.5. The molecule has 0 aliphatic carbocycles. The summed E-state index contributed by atoms with van der Waals surface area (Å²) >= 11 is 0. The van der Waals surface area contributed by atoms with Gasteiger partial charge in [0.05, 0.1) is 0 Å². The second-order valence-electron chi connectivity index (χ2n) is 7.22. The van der Waals surface area contributed by atoms with E-state index >= 15 is 0 Å². The van der Waals surface area contributed by atoms with Gasteiger partial charge in [-0.25, -0.2) is 0 Å². The number of hydrogen-bond acceptors (Lipinski definition) is 3. The number of piperidine rings is 1. The molecule has 2 aromatic rings. The SMILES string of the molecule is CCC(=O)OC(CC1CCCCN1C)(c1ccccc1)c1ccccc1. The lowest BCUT2D eigenvalue weighted by Crippen LogP contribution is -2.44. The molecule has 0 N–H and O–H groups in total. The smallest absolute Gasteiger partial charge is 0.306 e. The number of carbonyl (C=O) groups is 1. The van der Waals surface area contributed by atoms with E-state index in [1.54, 1.807) is 0 Å². The summed E-state index contributed by atoms with van der Waals surface area (Å²) in [6, 6.07) is 20.8. The number of likely N-dealkylation sites (tertiary alicyclic amines) is 1. The average Bonchev–Trinajstić information content (AvgIpc) is 2.70. The van der Waals surface area contributed by atoms with Gasteiger partial charge in [0.25, 0.3) is 0 Å². The van der Waals surface area contributed by atoms with Crippen molar-refractivity contribution in [2.45, 2.75) is 50.7 Å². The van der Waals surface area contributed by atoms with Crippen LogP contribution in [0.15, 0.2) is 60.7 Å². The molecule has 26 heavy (non-hydrogen) atoms. The van der Waals surface area contributed by atoms with Crippen molar-refractivity contribution < 1.29 is 9.53 Å². The fourth-order valence-electron chi connectivity index (χ4n) is 3.98. The molecule has 3 heteroatoms. The van der Waals surface area contributed by atoms with E-state index in [2.05, 4.69) is 36.2 Å². The number of benzene rings is 2. The highest BCUT2D eigenvalue weighted by Crippen LogP contribution is 2.40. The predicted molar refractivity (Wildman–Crippen MR) is 105 cm³/mol. The summed E-state index contributed by atoms with van der Waals surface area (Å²) in [5, 5.41) is 0. The van der Waals surface area contributed by atoms with Crippen molar-refractivity contribution in [2.24, 2.45) is 0 Å². The van der Waals surface area contributed by atoms with Gasteiger partial charge in [-0.05, 0) is 26.4 Å². The Morgan fingerprint density at radius 1 is 1.04 bits per heavy atom. The highest BCUT2D eigenvalue weighted by atomic mass is 16.6. The van der Waals surface area contributed by atoms with Gasteiger partial charge in [-0.1, -0.05) is 74.0 Å². The summed E-state index contributed by atoms with van der Waals surface area (Å²) in [4.78, 5) is 14.9. The zero-order valence-electron chi connectivity index (χ0n) is 15.9. The molecule has 1 atom stereocenters. The zero-order valence-corrected chi connectivity index (χ0v) is 15.9. The molecule has 1 aliphatic heterocycles. The minimum absolute atomic E-state index is 0.156. The molecule has 0 spiro atoms. The van der Waals surface area contributed by atoms with Gasteiger partial charge in [-0.15, -0.1) is 0 Å². The molecule has 1 saturated heterocycles. The summed E-state index contributed by atoms with van der Waals surface area (Å²) in [6.45, 7) is 2.96. The Balaban J connectivity index is 2.09. The van der Waals surface area contributed by atoms with Crippen molar-refractivity contribution in [3.05, 3.63) is 71.8 Å². The maximum absolute atomic E-state index is 12.5. The van der Waals surface area contributed by atoms with E-state index in [0.29, 0.717) is 12.5 Å². The van der Waals surface area contributed by atoms with Gasteiger partial charge in [-0.2, -0.15) is 0 Å². The standard InChI is InChI=1S/C23H29NO2/c1-3-22(25)26-23(19-12-6-4-7-13-19,20-14-8-5-9-15-20)18-21-16-10-11-17-24(21)2/h4-9,12-15,21H,3,10-11,16-18H2,1-2H3. The van der Waals surface area contributed by atoms with Gasteiger partial charge in [0.2, 0.25) is 0 Å². The quantitative estimate of drug-likeness (QED) is 0.703. The molecule has 138 valence electrons. The normalized spacial score (nSPS) is 18.5. The summed E-state index contributed by atoms with van der Waals surface area (Å²) in [6.07, 6.45) is 4.77. The first-order valence-corrected chi connectivity index (χ1v) is 9.69. The topological polar surface area (TPSA) is 29.5 Å². The van der Waals surface area contributed by atoms with E-state index in [1.165, 1.54) is 12.8 Å². The summed E-state index contributed by atoms with van der Waals surface area (Å²) in [7, 11) is 2.19. The van der Waals surface area contributed by atoms with E-state index in [0.717, 1.165) is 30.5 Å². The molecule has 1 heterocycles. The molecular formula is C23H29NO2. The molecule has 1 unspecified atom stereocenters. The van der Waals surface area contributed by atoms with Gasteiger partial charge >= 0.3 is 5.97 Å². The minimum atomic E-state index is -0.744. The van der Waals surface area contributed by atoms with Gasteiger partial charge < -0.3 is 9.64 Å². The van der Waals surface area contributed by atoms with Crippen LogP contribution in [0.25, 0.3) is 0 Å². The van der Waals surface area contributed by atoms with Crippen LogP contribution in [-0.2, 0) is 15.1 Å². The lowest BCUT2D eigenvalue weighted by molar-refractivity contribution is -0.158. The van der Waals surface area contributed by atoms with Crippen molar-refractivity contribution in [3.8, 4) is 0 Å². The first-order valence-electron chi connectivity index (χ1n) is 9.69. The molecule has 0 amide bonds. The molecule has 0 saturated carbocycles. The Morgan fingerprint density at radius 2 is 1.62 bits per heavy atom. The molecule has 1 aliphatic rings. The van der Waals surface area contributed by atoms with E-state index in [9.17, 15) is 4.79 Å². The second-order valence-corrected chi connectivity index (χ2v) is 7.22. The molecule has 1 fully saturated rings. The van der Waals surface area contributed by atoms with E-state index in [4.69, 9.17) is 4.74 Å². The van der Waals surface area contributed by atoms with Crippen LogP contribution in [0.4, 0.5) is 0 Å². The Bertz CT molecular complexity index is 659. The first kappa shape index (κ1) is 18.7. The van der Waals surface area contributed by atoms with Crippen LogP contribution < -0.4 is 0 Å². The predicted octanol–water partition coefficient (Wildman–Crippen LogP) is 4.76. The van der Waals surface area contributed by atoms with E-state index in [1.807, 2.05) is 43.3 Å². The third-order valence-corrected chi connectivity index (χ3v) is 5.50. The third kappa shape index (κ3) is 3.99. The Hall–Kier alpha value is -2.13. The zero-order chi connectivity index (χ0) is 18.4. The third-order valence-electron chi connectivity index (χ3n) is 5.50. The van der Waals surface area contributed by atoms with Crippen molar-refractivity contribution in [1.29, 1.82) is 0 Å². The minimum Gasteiger partial charge on any atom is -0.449 e. The van der Waals surface area contributed by atoms with Crippen molar-refractivity contribution in [2.75, 3.05) is 13.6 Å². The lowest BCUT2D eigenvalue weighted by Gasteiger charge is -2.41. The van der Waals surface area contributed by atoms with Gasteiger partial charge in [0, 0.05) is 30.0 Å². The van der Waals surface area contributed by atoms with Crippen molar-refractivity contribution >= 4 is 5.97 Å². The van der Waals surface area contributed by atoms with Crippen LogP contribution in [0, 0.1) is 0 Å². The van der Waals surface area contributed by atoms with Gasteiger partial charge in [-0.3, -0.25) is 4.79 Å². The second kappa shape index (κ2) is 8.50. The van der Waals surface area contributed by atoms with E-state index in [-0.39, 0.29) is 5.97 Å². The van der Waals surface area contributed by atoms with Crippen LogP contribution in [0.3, 0.4) is 0 Å². The average molecular weight is 351 g/mol. The molecule has 3 rings (SSSR count). The first-order chi connectivity index (χ1) is 12.7. The van der Waals surface area contributed by atoms with Crippen LogP contribution in [0.5, 0.6) is 0 Å². The van der Waals surface area contributed by atoms with Crippen LogP contribution in [0.2, 0.25) is 0 Å². The van der Waals surface area contributed by atoms with Crippen molar-refractivity contribution in [3.63, 3.8) is 0 Å². The lowest BCUT2D eigenvalue weighted by atomic mass is 9.79. The fraction of sp³-hybridized carbons (Fsp3) is 0.435. The highest BCUT2D eigenvalue weighted by molar-refractivity contribution is 5.70. The molecule has 0 radical (unpaired) electrons. The maximum Gasteiger partial charge on any atom is 0.306 e. The number of carbonyl (C=O) groups excluding carboxylic acids is 1. The molecular weight excluding hydrogens is 322 g/mol. The molecule has 3 nitrogen and oxygen atoms in total. The number of hydrogen-bond donors (Lipinski definition) is 0. The van der Waals surface area contributed by atoms with Gasteiger partial charge in [0.1, 0.15) is 0 Å². The molecule has 0 aromatic heterocycles. The van der Waals surface area contributed by atoms with Gasteiger partial charge in [0.15, 0.2) is 5.60 Å². The molecule has 2 aromatic carbocycles. The van der Waals surface area contributed by atoms with Crippen molar-refractivity contribution in [1.82, 2.24) is 4.90 Å². The van der Waals surface area contributed by atoms with Crippen LogP contribution in [0.1, 0.15) is 50.2 Å². The molecule has 0 bridgehead atoms.